The van der Waals surface area contributed by atoms with Crippen molar-refractivity contribution < 1.29 is 28.5 Å². The molecule has 1 aromatic carbocycles. The molecule has 160 valence electrons. The number of aliphatic hydroxyl groups excluding tert-OH is 2. The zero-order valence-electron chi connectivity index (χ0n) is 16.4. The summed E-state index contributed by atoms with van der Waals surface area (Å²) in [6.45, 7) is 1.03. The molecule has 0 saturated carbocycles. The fourth-order valence-corrected chi connectivity index (χ4v) is 3.16. The molecule has 3 rings (SSSR count). The summed E-state index contributed by atoms with van der Waals surface area (Å²) < 4.78 is 34.8. The topological polar surface area (TPSA) is 96.1 Å². The third kappa shape index (κ3) is 4.58. The van der Waals surface area contributed by atoms with Crippen LogP contribution in [0.5, 0.6) is 5.75 Å². The number of pyridine rings is 1. The van der Waals surface area contributed by atoms with Gasteiger partial charge in [0.15, 0.2) is 11.4 Å². The highest BCUT2D eigenvalue weighted by Gasteiger charge is 2.21. The van der Waals surface area contributed by atoms with Crippen LogP contribution < -0.4 is 10.1 Å². The van der Waals surface area contributed by atoms with E-state index in [1.165, 1.54) is 10.5 Å². The van der Waals surface area contributed by atoms with E-state index in [2.05, 4.69) is 10.3 Å². The SMILES string of the molecule is Cc1nc2c(OCc3c(F)cccc3F)cccn2c1C(=O)N[C@@H](CO)CCCO. The first-order valence-electron chi connectivity index (χ1n) is 9.52. The Bertz CT molecular complexity index is 1020. The van der Waals surface area contributed by atoms with E-state index >= 15 is 0 Å². The molecule has 0 spiro atoms. The highest BCUT2D eigenvalue weighted by molar-refractivity contribution is 5.95. The maximum atomic E-state index is 13.9. The van der Waals surface area contributed by atoms with E-state index in [0.29, 0.717) is 24.2 Å². The fourth-order valence-electron chi connectivity index (χ4n) is 3.16. The first-order chi connectivity index (χ1) is 14.5. The number of hydrogen-bond acceptors (Lipinski definition) is 5. The Morgan fingerprint density at radius 2 is 1.97 bits per heavy atom. The van der Waals surface area contributed by atoms with E-state index in [1.54, 1.807) is 25.3 Å². The largest absolute Gasteiger partial charge is 0.485 e. The van der Waals surface area contributed by atoms with Crippen molar-refractivity contribution in [1.29, 1.82) is 0 Å². The van der Waals surface area contributed by atoms with Gasteiger partial charge in [-0.3, -0.25) is 9.20 Å². The van der Waals surface area contributed by atoms with Crippen molar-refractivity contribution in [1.82, 2.24) is 14.7 Å². The molecule has 9 heteroatoms. The number of aliphatic hydroxyl groups is 2. The number of carbonyl (C=O) groups is 1. The Kier molecular flexibility index (Phi) is 6.96. The van der Waals surface area contributed by atoms with Gasteiger partial charge in [-0.1, -0.05) is 6.07 Å². The Labute approximate surface area is 171 Å². The number of fused-ring (bicyclic) bond motifs is 1. The molecule has 0 fully saturated rings. The van der Waals surface area contributed by atoms with Gasteiger partial charge in [0.05, 0.1) is 23.9 Å². The van der Waals surface area contributed by atoms with Gasteiger partial charge >= 0.3 is 0 Å². The van der Waals surface area contributed by atoms with Crippen molar-refractivity contribution in [2.75, 3.05) is 13.2 Å². The van der Waals surface area contributed by atoms with Crippen LogP contribution in [-0.2, 0) is 6.61 Å². The van der Waals surface area contributed by atoms with Crippen LogP contribution in [0.15, 0.2) is 36.5 Å². The van der Waals surface area contributed by atoms with Gasteiger partial charge in [0.1, 0.15) is 23.9 Å². The predicted octanol–water partition coefficient (Wildman–Crippen LogP) is 2.36. The van der Waals surface area contributed by atoms with Gasteiger partial charge in [-0.2, -0.15) is 0 Å². The molecule has 1 atom stereocenters. The standard InChI is InChI=1S/C21H23F2N3O4/c1-13-19(21(29)25-14(11-28)5-4-10-27)26-9-3-8-18(20(26)24-13)30-12-15-16(22)6-2-7-17(15)23/h2-3,6-9,14,27-28H,4-5,10-12H2,1H3,(H,25,29)/t14-/m1/s1. The van der Waals surface area contributed by atoms with Crippen molar-refractivity contribution in [3.05, 3.63) is 65.1 Å². The molecule has 3 aromatic rings. The second kappa shape index (κ2) is 9.64. The van der Waals surface area contributed by atoms with Crippen LogP contribution in [0.3, 0.4) is 0 Å². The zero-order valence-corrected chi connectivity index (χ0v) is 16.4. The van der Waals surface area contributed by atoms with Crippen molar-refractivity contribution >= 4 is 11.6 Å². The van der Waals surface area contributed by atoms with Gasteiger partial charge in [0.25, 0.3) is 5.91 Å². The number of nitrogens with zero attached hydrogens (tertiary/aromatic N) is 2. The van der Waals surface area contributed by atoms with Gasteiger partial charge in [-0.05, 0) is 44.0 Å². The van der Waals surface area contributed by atoms with E-state index in [9.17, 15) is 18.7 Å². The average Bonchev–Trinajstić information content (AvgIpc) is 3.07. The molecule has 30 heavy (non-hydrogen) atoms. The van der Waals surface area contributed by atoms with E-state index in [-0.39, 0.29) is 36.8 Å². The minimum absolute atomic E-state index is 0.0374. The summed E-state index contributed by atoms with van der Waals surface area (Å²) in [6.07, 6.45) is 2.50. The summed E-state index contributed by atoms with van der Waals surface area (Å²) in [4.78, 5) is 17.1. The first kappa shape index (κ1) is 21.7. The predicted molar refractivity (Wildman–Crippen MR) is 105 cm³/mol. The van der Waals surface area contributed by atoms with Gasteiger partial charge < -0.3 is 20.3 Å². The summed E-state index contributed by atoms with van der Waals surface area (Å²) >= 11 is 0. The highest BCUT2D eigenvalue weighted by Crippen LogP contribution is 2.24. The zero-order chi connectivity index (χ0) is 21.7. The summed E-state index contributed by atoms with van der Waals surface area (Å²) in [5.41, 5.74) is 0.817. The van der Waals surface area contributed by atoms with Crippen molar-refractivity contribution in [3.63, 3.8) is 0 Å². The molecule has 3 N–H and O–H groups in total. The quantitative estimate of drug-likeness (QED) is 0.495. The molecule has 2 heterocycles. The minimum Gasteiger partial charge on any atom is -0.485 e. The van der Waals surface area contributed by atoms with Gasteiger partial charge in [-0.25, -0.2) is 13.8 Å². The van der Waals surface area contributed by atoms with E-state index in [1.807, 2.05) is 0 Å². The number of benzene rings is 1. The number of aryl methyl sites for hydroxylation is 1. The van der Waals surface area contributed by atoms with Crippen molar-refractivity contribution in [2.45, 2.75) is 32.4 Å². The number of hydrogen-bond donors (Lipinski definition) is 3. The van der Waals surface area contributed by atoms with Crippen LogP contribution in [-0.4, -0.2) is 44.8 Å². The van der Waals surface area contributed by atoms with E-state index in [4.69, 9.17) is 9.84 Å². The van der Waals surface area contributed by atoms with Crippen molar-refractivity contribution in [2.24, 2.45) is 0 Å². The van der Waals surface area contributed by atoms with Gasteiger partial charge in [0.2, 0.25) is 0 Å². The lowest BCUT2D eigenvalue weighted by atomic mass is 10.1. The summed E-state index contributed by atoms with van der Waals surface area (Å²) in [5, 5.41) is 21.1. The Balaban J connectivity index is 1.85. The van der Waals surface area contributed by atoms with Crippen LogP contribution in [0.25, 0.3) is 5.65 Å². The highest BCUT2D eigenvalue weighted by atomic mass is 19.1. The van der Waals surface area contributed by atoms with Gasteiger partial charge in [-0.15, -0.1) is 0 Å². The molecule has 0 radical (unpaired) electrons. The second-order valence-corrected chi connectivity index (χ2v) is 6.82. The normalized spacial score (nSPS) is 12.2. The lowest BCUT2D eigenvalue weighted by Gasteiger charge is -2.16. The van der Waals surface area contributed by atoms with Crippen LogP contribution in [0.2, 0.25) is 0 Å². The second-order valence-electron chi connectivity index (χ2n) is 6.82. The van der Waals surface area contributed by atoms with E-state index in [0.717, 1.165) is 12.1 Å². The number of imidazole rings is 1. The lowest BCUT2D eigenvalue weighted by molar-refractivity contribution is 0.0902. The molecular formula is C21H23F2N3O4. The van der Waals surface area contributed by atoms with Crippen LogP contribution >= 0.6 is 0 Å². The smallest absolute Gasteiger partial charge is 0.270 e. The third-order valence-corrected chi connectivity index (χ3v) is 4.70. The number of nitrogens with one attached hydrogen (secondary N) is 1. The van der Waals surface area contributed by atoms with Crippen LogP contribution in [0, 0.1) is 18.6 Å². The molecule has 0 bridgehead atoms. The molecule has 0 aliphatic heterocycles. The number of rotatable bonds is 9. The first-order valence-corrected chi connectivity index (χ1v) is 9.52. The van der Waals surface area contributed by atoms with Gasteiger partial charge in [0, 0.05) is 12.8 Å². The maximum absolute atomic E-state index is 13.9. The number of halogens is 2. The van der Waals surface area contributed by atoms with Crippen molar-refractivity contribution in [3.8, 4) is 5.75 Å². The lowest BCUT2D eigenvalue weighted by Crippen LogP contribution is -2.38. The Morgan fingerprint density at radius 1 is 1.23 bits per heavy atom. The Hall–Kier alpha value is -3.04. The molecule has 0 saturated heterocycles. The molecule has 0 unspecified atom stereocenters. The molecular weight excluding hydrogens is 396 g/mol. The van der Waals surface area contributed by atoms with Crippen LogP contribution in [0.1, 0.15) is 34.6 Å². The number of aromatic nitrogens is 2. The number of ether oxygens (including phenoxy) is 1. The summed E-state index contributed by atoms with van der Waals surface area (Å²) in [6, 6.07) is 6.31. The molecule has 1 amide bonds. The molecule has 0 aliphatic carbocycles. The molecule has 0 aliphatic rings. The molecule has 7 nitrogen and oxygen atoms in total. The summed E-state index contributed by atoms with van der Waals surface area (Å²) in [5.74, 6) is -1.59. The third-order valence-electron chi connectivity index (χ3n) is 4.70. The monoisotopic (exact) mass is 419 g/mol. The average molecular weight is 419 g/mol. The number of carbonyl (C=O) groups excluding carboxylic acids is 1. The molecule has 2 aromatic heterocycles. The van der Waals surface area contributed by atoms with E-state index < -0.39 is 23.6 Å². The maximum Gasteiger partial charge on any atom is 0.270 e. The minimum atomic E-state index is -0.709. The van der Waals surface area contributed by atoms with Crippen LogP contribution in [0.4, 0.5) is 8.78 Å². The fraction of sp³-hybridized carbons (Fsp3) is 0.333. The number of amides is 1. The summed E-state index contributed by atoms with van der Waals surface area (Å²) in [7, 11) is 0. The Morgan fingerprint density at radius 3 is 2.63 bits per heavy atom.